The first-order chi connectivity index (χ1) is 15.1. The molecule has 4 heteroatoms. The minimum atomic E-state index is -0.0873. The highest BCUT2D eigenvalue weighted by molar-refractivity contribution is 6.18. The van der Waals surface area contributed by atoms with Crippen LogP contribution >= 0.6 is 0 Å². The van der Waals surface area contributed by atoms with Crippen molar-refractivity contribution in [3.8, 4) is 17.6 Å². The molecule has 2 rings (SSSR count). The van der Waals surface area contributed by atoms with Gasteiger partial charge in [0.15, 0.2) is 0 Å². The first-order valence-electron chi connectivity index (χ1n) is 11.4. The molecule has 0 N–H and O–H groups in total. The van der Waals surface area contributed by atoms with Gasteiger partial charge in [0.1, 0.15) is 16.2 Å². The standard InChI is InChI=1S/C28H40N2OSi/c1-8-29(20-11-9-10-19-27(2,3)4)22-23-13-12-14-25(21-23)30(32)28(5,6)24-15-17-26(31-7)18-16-24/h9,11-18,21H,8,20,22H2,1-7,32H3/b11-9+. The largest absolute Gasteiger partial charge is 0.497 e. The average molecular weight is 449 g/mol. The van der Waals surface area contributed by atoms with E-state index in [1.54, 1.807) is 7.11 Å². The molecule has 2 aromatic carbocycles. The molecule has 0 radical (unpaired) electrons. The van der Waals surface area contributed by atoms with Crippen molar-refractivity contribution in [2.45, 2.75) is 53.6 Å². The summed E-state index contributed by atoms with van der Waals surface area (Å²) < 4.78 is 7.81. The number of benzene rings is 2. The fraction of sp³-hybridized carbons (Fsp3) is 0.429. The molecule has 0 amide bonds. The van der Waals surface area contributed by atoms with Crippen LogP contribution in [-0.2, 0) is 12.1 Å². The molecule has 0 saturated carbocycles. The van der Waals surface area contributed by atoms with E-state index in [2.05, 4.69) is 105 Å². The van der Waals surface area contributed by atoms with Gasteiger partial charge in [-0.25, -0.2) is 0 Å². The zero-order valence-electron chi connectivity index (χ0n) is 21.2. The van der Waals surface area contributed by atoms with Crippen LogP contribution in [0.2, 0.25) is 0 Å². The van der Waals surface area contributed by atoms with Crippen LogP contribution in [0.5, 0.6) is 5.75 Å². The summed E-state index contributed by atoms with van der Waals surface area (Å²) in [6.07, 6.45) is 4.15. The van der Waals surface area contributed by atoms with Gasteiger partial charge in [-0.2, -0.15) is 0 Å². The van der Waals surface area contributed by atoms with Gasteiger partial charge in [0.25, 0.3) is 0 Å². The van der Waals surface area contributed by atoms with Gasteiger partial charge in [-0.3, -0.25) is 4.90 Å². The summed E-state index contributed by atoms with van der Waals surface area (Å²) in [5.41, 5.74) is 3.86. The van der Waals surface area contributed by atoms with E-state index in [-0.39, 0.29) is 11.0 Å². The molecule has 0 aliphatic heterocycles. The van der Waals surface area contributed by atoms with Gasteiger partial charge >= 0.3 is 0 Å². The highest BCUT2D eigenvalue weighted by atomic mass is 28.2. The van der Waals surface area contributed by atoms with E-state index in [1.165, 1.54) is 16.8 Å². The van der Waals surface area contributed by atoms with E-state index in [0.29, 0.717) is 0 Å². The van der Waals surface area contributed by atoms with Crippen LogP contribution in [0.3, 0.4) is 0 Å². The van der Waals surface area contributed by atoms with Crippen molar-refractivity contribution in [1.82, 2.24) is 4.90 Å². The summed E-state index contributed by atoms with van der Waals surface area (Å²) in [4.78, 5) is 2.43. The molecule has 0 spiro atoms. The van der Waals surface area contributed by atoms with Crippen molar-refractivity contribution in [3.63, 3.8) is 0 Å². The molecular weight excluding hydrogens is 408 g/mol. The van der Waals surface area contributed by atoms with Gasteiger partial charge < -0.3 is 9.30 Å². The minimum absolute atomic E-state index is 0.0458. The molecule has 0 heterocycles. The van der Waals surface area contributed by atoms with Crippen LogP contribution in [0.4, 0.5) is 5.69 Å². The molecule has 0 aliphatic rings. The monoisotopic (exact) mass is 448 g/mol. The van der Waals surface area contributed by atoms with Crippen molar-refractivity contribution in [2.24, 2.45) is 5.41 Å². The zero-order valence-corrected chi connectivity index (χ0v) is 23.2. The summed E-state index contributed by atoms with van der Waals surface area (Å²) in [5.74, 6) is 7.31. The average Bonchev–Trinajstić information content (AvgIpc) is 2.77. The Morgan fingerprint density at radius 2 is 1.72 bits per heavy atom. The number of ether oxygens (including phenoxy) is 1. The first kappa shape index (κ1) is 25.8. The van der Waals surface area contributed by atoms with Crippen molar-refractivity contribution in [2.75, 3.05) is 24.8 Å². The smallest absolute Gasteiger partial charge is 0.118 e. The normalized spacial score (nSPS) is 12.1. The summed E-state index contributed by atoms with van der Waals surface area (Å²) in [6.45, 7) is 16.0. The first-order valence-corrected chi connectivity index (χ1v) is 12.3. The van der Waals surface area contributed by atoms with Crippen LogP contribution < -0.4 is 9.30 Å². The van der Waals surface area contributed by atoms with E-state index < -0.39 is 0 Å². The van der Waals surface area contributed by atoms with Crippen LogP contribution in [0.15, 0.2) is 60.7 Å². The number of methoxy groups -OCH3 is 1. The van der Waals surface area contributed by atoms with Crippen LogP contribution in [-0.4, -0.2) is 35.5 Å². The maximum Gasteiger partial charge on any atom is 0.118 e. The van der Waals surface area contributed by atoms with E-state index in [1.807, 2.05) is 18.2 Å². The summed E-state index contributed by atoms with van der Waals surface area (Å²) in [7, 11) is 2.63. The second-order valence-corrected chi connectivity index (χ2v) is 10.7. The van der Waals surface area contributed by atoms with Gasteiger partial charge in [-0.05, 0) is 82.6 Å². The number of anilines is 1. The number of nitrogens with zero attached hydrogens (tertiary/aromatic N) is 2. The van der Waals surface area contributed by atoms with E-state index in [4.69, 9.17) is 4.74 Å². The number of likely N-dealkylation sites (N-methyl/N-ethyl adjacent to an activating group) is 1. The van der Waals surface area contributed by atoms with Crippen LogP contribution in [0.25, 0.3) is 0 Å². The molecule has 0 atom stereocenters. The number of hydrogen-bond acceptors (Lipinski definition) is 3. The van der Waals surface area contributed by atoms with Crippen molar-refractivity contribution in [1.29, 1.82) is 0 Å². The number of rotatable bonds is 9. The van der Waals surface area contributed by atoms with E-state index >= 15 is 0 Å². The molecule has 0 fully saturated rings. The Labute approximate surface area is 199 Å². The quantitative estimate of drug-likeness (QED) is 0.390. The lowest BCUT2D eigenvalue weighted by Gasteiger charge is -2.39. The maximum atomic E-state index is 5.32. The second kappa shape index (κ2) is 11.4. The van der Waals surface area contributed by atoms with E-state index in [0.717, 1.165) is 35.8 Å². The third-order valence-electron chi connectivity index (χ3n) is 5.80. The Bertz CT molecular complexity index is 946. The molecule has 32 heavy (non-hydrogen) atoms. The zero-order chi connectivity index (χ0) is 23.8. The third kappa shape index (κ3) is 7.58. The topological polar surface area (TPSA) is 15.7 Å². The Morgan fingerprint density at radius 3 is 2.31 bits per heavy atom. The molecule has 0 aromatic heterocycles. The highest BCUT2D eigenvalue weighted by Gasteiger charge is 2.26. The Balaban J connectivity index is 2.10. The maximum absolute atomic E-state index is 5.32. The lowest BCUT2D eigenvalue weighted by atomic mass is 9.93. The Kier molecular flexibility index (Phi) is 9.18. The van der Waals surface area contributed by atoms with Crippen molar-refractivity contribution < 1.29 is 4.74 Å². The van der Waals surface area contributed by atoms with Crippen LogP contribution in [0, 0.1) is 17.3 Å². The fourth-order valence-electron chi connectivity index (χ4n) is 3.46. The predicted octanol–water partition coefficient (Wildman–Crippen LogP) is 5.14. The highest BCUT2D eigenvalue weighted by Crippen LogP contribution is 2.32. The Hall–Kier alpha value is -2.48. The lowest BCUT2D eigenvalue weighted by molar-refractivity contribution is 0.311. The fourth-order valence-corrected chi connectivity index (χ4v) is 4.00. The van der Waals surface area contributed by atoms with Gasteiger partial charge in [0.2, 0.25) is 0 Å². The molecular formula is C28H40N2OSi. The molecule has 0 bridgehead atoms. The Morgan fingerprint density at radius 1 is 1.03 bits per heavy atom. The minimum Gasteiger partial charge on any atom is -0.497 e. The van der Waals surface area contributed by atoms with Crippen molar-refractivity contribution >= 4 is 16.1 Å². The molecule has 0 saturated heterocycles. The van der Waals surface area contributed by atoms with Gasteiger partial charge in [-0.1, -0.05) is 49.1 Å². The number of allylic oxidation sites excluding steroid dienone is 1. The number of hydrogen-bond donors (Lipinski definition) is 0. The van der Waals surface area contributed by atoms with Gasteiger partial charge in [0.05, 0.1) is 12.6 Å². The molecule has 3 nitrogen and oxygen atoms in total. The van der Waals surface area contributed by atoms with Crippen LogP contribution in [0.1, 0.15) is 52.7 Å². The molecule has 0 unspecified atom stereocenters. The lowest BCUT2D eigenvalue weighted by Crippen LogP contribution is -2.39. The molecule has 2 aromatic rings. The molecule has 172 valence electrons. The van der Waals surface area contributed by atoms with Crippen molar-refractivity contribution in [3.05, 3.63) is 71.8 Å². The summed E-state index contributed by atoms with van der Waals surface area (Å²) >= 11 is 0. The summed E-state index contributed by atoms with van der Waals surface area (Å²) in [5, 5.41) is 0. The van der Waals surface area contributed by atoms with Gasteiger partial charge in [-0.15, -0.1) is 0 Å². The predicted molar refractivity (Wildman–Crippen MR) is 142 cm³/mol. The second-order valence-electron chi connectivity index (χ2n) is 9.77. The third-order valence-corrected chi connectivity index (χ3v) is 7.43. The van der Waals surface area contributed by atoms with Gasteiger partial charge in [0, 0.05) is 24.2 Å². The summed E-state index contributed by atoms with van der Waals surface area (Å²) in [6, 6.07) is 17.4. The SMILES string of the molecule is CCN(C/C=C/C#CC(C)(C)C)Cc1cccc(N([SiH3])C(C)(C)c2ccc(OC)cc2)c1. The van der Waals surface area contributed by atoms with E-state index in [9.17, 15) is 0 Å². The molecule has 0 aliphatic carbocycles.